The van der Waals surface area contributed by atoms with Gasteiger partial charge in [-0.3, -0.25) is 0 Å². The lowest BCUT2D eigenvalue weighted by molar-refractivity contribution is 0.0507. The van der Waals surface area contributed by atoms with E-state index in [0.717, 1.165) is 10.0 Å². The summed E-state index contributed by atoms with van der Waals surface area (Å²) in [4.78, 5) is 15.7. The van der Waals surface area contributed by atoms with Crippen LogP contribution < -0.4 is 0 Å². The van der Waals surface area contributed by atoms with Crippen LogP contribution in [-0.2, 0) is 11.3 Å². The highest BCUT2D eigenvalue weighted by atomic mass is 79.9. The molecule has 1 aromatic carbocycles. The lowest BCUT2D eigenvalue weighted by Gasteiger charge is -2.07. The Balaban J connectivity index is 2.17. The van der Waals surface area contributed by atoms with Crippen molar-refractivity contribution in [3.63, 3.8) is 0 Å². The van der Waals surface area contributed by atoms with Gasteiger partial charge in [0, 0.05) is 23.4 Å². The van der Waals surface area contributed by atoms with Gasteiger partial charge in [0.1, 0.15) is 0 Å². The van der Waals surface area contributed by atoms with E-state index in [1.807, 2.05) is 24.3 Å². The molecule has 2 aromatic rings. The van der Waals surface area contributed by atoms with Crippen molar-refractivity contribution in [2.75, 3.05) is 6.61 Å². The average Bonchev–Trinajstić information content (AvgIpc) is 2.81. The van der Waals surface area contributed by atoms with Crippen LogP contribution in [0.2, 0.25) is 0 Å². The number of carbonyl (C=O) groups excluding carboxylic acids is 1. The van der Waals surface area contributed by atoms with Gasteiger partial charge in [0.15, 0.2) is 0 Å². The highest BCUT2D eigenvalue weighted by Gasteiger charge is 2.13. The van der Waals surface area contributed by atoms with Crippen molar-refractivity contribution >= 4 is 21.9 Å². The molecule has 18 heavy (non-hydrogen) atoms. The summed E-state index contributed by atoms with van der Waals surface area (Å²) in [6.07, 6.45) is 3.37. The molecule has 0 aliphatic carbocycles. The molecule has 1 aromatic heterocycles. The minimum Gasteiger partial charge on any atom is -0.460 e. The van der Waals surface area contributed by atoms with Crippen molar-refractivity contribution in [1.82, 2.24) is 9.55 Å². The molecule has 0 spiro atoms. The number of rotatable bonds is 4. The van der Waals surface area contributed by atoms with Gasteiger partial charge in [0.2, 0.25) is 5.82 Å². The Kier molecular flexibility index (Phi) is 4.15. The summed E-state index contributed by atoms with van der Waals surface area (Å²) < 4.78 is 7.76. The van der Waals surface area contributed by atoms with Crippen LogP contribution in [0, 0.1) is 0 Å². The number of nitrogens with zero attached hydrogens (tertiary/aromatic N) is 2. The minimum atomic E-state index is -0.389. The molecule has 0 N–H and O–H groups in total. The number of hydrogen-bond acceptors (Lipinski definition) is 3. The van der Waals surface area contributed by atoms with Crippen LogP contribution in [0.15, 0.2) is 41.1 Å². The number of halogens is 1. The third-order valence-electron chi connectivity index (χ3n) is 2.44. The number of carbonyl (C=O) groups is 1. The van der Waals surface area contributed by atoms with Crippen LogP contribution in [0.5, 0.6) is 0 Å². The van der Waals surface area contributed by atoms with E-state index in [1.54, 1.807) is 23.9 Å². The first-order valence-corrected chi connectivity index (χ1v) is 6.42. The van der Waals surface area contributed by atoms with Crippen LogP contribution >= 0.6 is 15.9 Å². The zero-order valence-electron chi connectivity index (χ0n) is 9.97. The second-order valence-electron chi connectivity index (χ2n) is 3.73. The summed E-state index contributed by atoms with van der Waals surface area (Å²) in [6, 6.07) is 7.94. The summed E-state index contributed by atoms with van der Waals surface area (Å²) in [5.74, 6) is -0.0561. The van der Waals surface area contributed by atoms with E-state index in [1.165, 1.54) is 0 Å². The van der Waals surface area contributed by atoms with Gasteiger partial charge in [0.05, 0.1) is 6.61 Å². The van der Waals surface area contributed by atoms with Gasteiger partial charge in [0.25, 0.3) is 0 Å². The maximum Gasteiger partial charge on any atom is 0.374 e. The van der Waals surface area contributed by atoms with Gasteiger partial charge < -0.3 is 9.30 Å². The smallest absolute Gasteiger partial charge is 0.374 e. The Labute approximate surface area is 114 Å². The molecule has 0 fully saturated rings. The number of esters is 1. The number of hydrogen-bond donors (Lipinski definition) is 0. The summed E-state index contributed by atoms with van der Waals surface area (Å²) in [7, 11) is 0. The molecule has 1 heterocycles. The van der Waals surface area contributed by atoms with Crippen molar-refractivity contribution in [1.29, 1.82) is 0 Å². The Morgan fingerprint density at radius 1 is 1.39 bits per heavy atom. The SMILES string of the molecule is CCOC(=O)c1nccn1Cc1ccc(Br)cc1. The summed E-state index contributed by atoms with van der Waals surface area (Å²) in [6.45, 7) is 2.73. The van der Waals surface area contributed by atoms with Crippen molar-refractivity contribution in [2.24, 2.45) is 0 Å². The molecule has 2 rings (SSSR count). The van der Waals surface area contributed by atoms with Crippen molar-refractivity contribution < 1.29 is 9.53 Å². The molecule has 0 amide bonds. The fourth-order valence-corrected chi connectivity index (χ4v) is 1.87. The molecule has 0 saturated heterocycles. The maximum atomic E-state index is 11.7. The summed E-state index contributed by atoms with van der Waals surface area (Å²) in [5.41, 5.74) is 1.10. The Morgan fingerprint density at radius 2 is 2.11 bits per heavy atom. The highest BCUT2D eigenvalue weighted by molar-refractivity contribution is 9.10. The molecule has 0 saturated carbocycles. The molecule has 5 heteroatoms. The molecular weight excluding hydrogens is 296 g/mol. The van der Waals surface area contributed by atoms with Crippen molar-refractivity contribution in [3.05, 3.63) is 52.5 Å². The predicted octanol–water partition coefficient (Wildman–Crippen LogP) is 2.87. The molecule has 0 radical (unpaired) electrons. The molecule has 0 aliphatic heterocycles. The number of benzene rings is 1. The van der Waals surface area contributed by atoms with Crippen molar-refractivity contribution in [2.45, 2.75) is 13.5 Å². The van der Waals surface area contributed by atoms with E-state index in [0.29, 0.717) is 19.0 Å². The number of ether oxygens (including phenoxy) is 1. The molecule has 0 unspecified atom stereocenters. The van der Waals surface area contributed by atoms with Crippen LogP contribution in [0.25, 0.3) is 0 Å². The van der Waals surface area contributed by atoms with E-state index in [4.69, 9.17) is 4.74 Å². The summed E-state index contributed by atoms with van der Waals surface area (Å²) in [5, 5.41) is 0. The van der Waals surface area contributed by atoms with Crippen molar-refractivity contribution in [3.8, 4) is 0 Å². The van der Waals surface area contributed by atoms with Gasteiger partial charge in [-0.1, -0.05) is 28.1 Å². The predicted molar refractivity (Wildman–Crippen MR) is 71.4 cm³/mol. The van der Waals surface area contributed by atoms with Gasteiger partial charge in [-0.25, -0.2) is 9.78 Å². The Hall–Kier alpha value is -1.62. The van der Waals surface area contributed by atoms with Gasteiger partial charge in [-0.2, -0.15) is 0 Å². The Morgan fingerprint density at radius 3 is 2.78 bits per heavy atom. The van der Waals surface area contributed by atoms with Crippen LogP contribution in [-0.4, -0.2) is 22.1 Å². The number of aromatic nitrogens is 2. The average molecular weight is 309 g/mol. The minimum absolute atomic E-state index is 0.333. The molecule has 0 bridgehead atoms. The van der Waals surface area contributed by atoms with Crippen LogP contribution in [0.3, 0.4) is 0 Å². The van der Waals surface area contributed by atoms with E-state index in [9.17, 15) is 4.79 Å². The first-order chi connectivity index (χ1) is 8.70. The highest BCUT2D eigenvalue weighted by Crippen LogP contribution is 2.12. The topological polar surface area (TPSA) is 44.1 Å². The van der Waals surface area contributed by atoms with E-state index >= 15 is 0 Å². The maximum absolute atomic E-state index is 11.7. The molecule has 0 atom stereocenters. The fraction of sp³-hybridized carbons (Fsp3) is 0.231. The second-order valence-corrected chi connectivity index (χ2v) is 4.64. The molecular formula is C13H13BrN2O2. The fourth-order valence-electron chi connectivity index (χ4n) is 1.61. The van der Waals surface area contributed by atoms with Gasteiger partial charge >= 0.3 is 5.97 Å². The molecule has 4 nitrogen and oxygen atoms in total. The zero-order valence-corrected chi connectivity index (χ0v) is 11.6. The monoisotopic (exact) mass is 308 g/mol. The Bertz CT molecular complexity index is 534. The van der Waals surface area contributed by atoms with Gasteiger partial charge in [-0.05, 0) is 24.6 Å². The van der Waals surface area contributed by atoms with E-state index < -0.39 is 0 Å². The first-order valence-electron chi connectivity index (χ1n) is 5.63. The zero-order chi connectivity index (χ0) is 13.0. The lowest BCUT2D eigenvalue weighted by atomic mass is 10.2. The van der Waals surface area contributed by atoms with Crippen LogP contribution in [0.4, 0.5) is 0 Å². The van der Waals surface area contributed by atoms with Crippen LogP contribution in [0.1, 0.15) is 23.1 Å². The van der Waals surface area contributed by atoms with Gasteiger partial charge in [-0.15, -0.1) is 0 Å². The lowest BCUT2D eigenvalue weighted by Crippen LogP contribution is -2.13. The second kappa shape index (κ2) is 5.82. The standard InChI is InChI=1S/C13H13BrN2O2/c1-2-18-13(17)12-15-7-8-16(12)9-10-3-5-11(14)6-4-10/h3-8H,2,9H2,1H3. The molecule has 0 aliphatic rings. The summed E-state index contributed by atoms with van der Waals surface area (Å²) >= 11 is 3.39. The molecule has 94 valence electrons. The quantitative estimate of drug-likeness (QED) is 0.816. The number of imidazole rings is 1. The third-order valence-corrected chi connectivity index (χ3v) is 2.97. The largest absolute Gasteiger partial charge is 0.460 e. The normalized spacial score (nSPS) is 10.3. The first kappa shape index (κ1) is 12.8. The van der Waals surface area contributed by atoms with E-state index in [-0.39, 0.29) is 5.97 Å². The third kappa shape index (κ3) is 2.98. The van der Waals surface area contributed by atoms with E-state index in [2.05, 4.69) is 20.9 Å².